The number of aryl methyl sites for hydroxylation is 3. The third-order valence-electron chi connectivity index (χ3n) is 4.52. The molecule has 1 fully saturated rings. The predicted molar refractivity (Wildman–Crippen MR) is 105 cm³/mol. The van der Waals surface area contributed by atoms with E-state index in [-0.39, 0.29) is 5.91 Å². The Morgan fingerprint density at radius 3 is 2.27 bits per heavy atom. The molecule has 6 heteroatoms. The van der Waals surface area contributed by atoms with Crippen LogP contribution in [-0.4, -0.2) is 53.5 Å². The molecule has 0 unspecified atom stereocenters. The minimum Gasteiger partial charge on any atom is -0.370 e. The van der Waals surface area contributed by atoms with E-state index >= 15 is 0 Å². The fourth-order valence-electron chi connectivity index (χ4n) is 3.36. The van der Waals surface area contributed by atoms with E-state index in [1.165, 1.54) is 0 Å². The lowest BCUT2D eigenvalue weighted by molar-refractivity contribution is 0.0746. The monoisotopic (exact) mass is 353 g/mol. The summed E-state index contributed by atoms with van der Waals surface area (Å²) in [5.74, 6) is 1.69. The zero-order valence-electron chi connectivity index (χ0n) is 16.0. The first-order chi connectivity index (χ1) is 12.5. The second-order valence-electron chi connectivity index (χ2n) is 6.88. The van der Waals surface area contributed by atoms with Crippen LogP contribution in [0.15, 0.2) is 24.3 Å². The standard InChI is InChI=1S/C20H27N5O/c1-5-21-18-13-16(4)22-20(23-18)25-8-6-24(7-9-25)19(26)17-11-14(2)10-15(3)12-17/h10-13H,5-9H2,1-4H3,(H,21,22,23). The first-order valence-electron chi connectivity index (χ1n) is 9.18. The van der Waals surface area contributed by atoms with Gasteiger partial charge in [-0.2, -0.15) is 4.98 Å². The van der Waals surface area contributed by atoms with Gasteiger partial charge in [0.25, 0.3) is 5.91 Å². The first kappa shape index (κ1) is 18.2. The minimum atomic E-state index is 0.106. The highest BCUT2D eigenvalue weighted by Crippen LogP contribution is 2.18. The van der Waals surface area contributed by atoms with Crippen molar-refractivity contribution < 1.29 is 4.79 Å². The smallest absolute Gasteiger partial charge is 0.253 e. The molecule has 1 saturated heterocycles. The lowest BCUT2D eigenvalue weighted by Gasteiger charge is -2.35. The van der Waals surface area contributed by atoms with Gasteiger partial charge in [-0.3, -0.25) is 4.79 Å². The van der Waals surface area contributed by atoms with Crippen LogP contribution in [0.5, 0.6) is 0 Å². The van der Waals surface area contributed by atoms with Crippen molar-refractivity contribution in [2.45, 2.75) is 27.7 Å². The third-order valence-corrected chi connectivity index (χ3v) is 4.52. The highest BCUT2D eigenvalue weighted by Gasteiger charge is 2.24. The molecule has 138 valence electrons. The van der Waals surface area contributed by atoms with Gasteiger partial charge >= 0.3 is 0 Å². The lowest BCUT2D eigenvalue weighted by atomic mass is 10.1. The van der Waals surface area contributed by atoms with Crippen molar-refractivity contribution in [1.82, 2.24) is 14.9 Å². The third kappa shape index (κ3) is 4.12. The second-order valence-corrected chi connectivity index (χ2v) is 6.88. The van der Waals surface area contributed by atoms with Gasteiger partial charge in [-0.25, -0.2) is 4.98 Å². The Labute approximate surface area is 155 Å². The summed E-state index contributed by atoms with van der Waals surface area (Å²) in [7, 11) is 0. The molecule has 0 radical (unpaired) electrons. The molecular formula is C20H27N5O. The minimum absolute atomic E-state index is 0.106. The van der Waals surface area contributed by atoms with Crippen LogP contribution in [0.1, 0.15) is 34.1 Å². The second kappa shape index (κ2) is 7.72. The van der Waals surface area contributed by atoms with Gasteiger partial charge in [-0.1, -0.05) is 17.2 Å². The van der Waals surface area contributed by atoms with E-state index in [2.05, 4.69) is 33.2 Å². The average molecular weight is 353 g/mol. The maximum atomic E-state index is 12.8. The van der Waals surface area contributed by atoms with E-state index in [1.807, 2.05) is 43.9 Å². The quantitative estimate of drug-likeness (QED) is 0.916. The van der Waals surface area contributed by atoms with E-state index in [4.69, 9.17) is 0 Å². The molecule has 26 heavy (non-hydrogen) atoms. The van der Waals surface area contributed by atoms with E-state index in [9.17, 15) is 4.79 Å². The number of carbonyl (C=O) groups is 1. The van der Waals surface area contributed by atoms with Crippen molar-refractivity contribution in [2.24, 2.45) is 0 Å². The van der Waals surface area contributed by atoms with Crippen molar-refractivity contribution in [3.63, 3.8) is 0 Å². The summed E-state index contributed by atoms with van der Waals surface area (Å²) < 4.78 is 0. The number of anilines is 2. The van der Waals surface area contributed by atoms with Crippen LogP contribution in [0.3, 0.4) is 0 Å². The van der Waals surface area contributed by atoms with Crippen LogP contribution in [-0.2, 0) is 0 Å². The van der Waals surface area contributed by atoms with E-state index < -0.39 is 0 Å². The molecule has 0 aliphatic carbocycles. The summed E-state index contributed by atoms with van der Waals surface area (Å²) in [5.41, 5.74) is 3.96. The van der Waals surface area contributed by atoms with Crippen molar-refractivity contribution in [2.75, 3.05) is 42.9 Å². The number of rotatable bonds is 4. The number of benzene rings is 1. The molecular weight excluding hydrogens is 326 g/mol. The molecule has 3 rings (SSSR count). The van der Waals surface area contributed by atoms with Crippen LogP contribution in [0.25, 0.3) is 0 Å². The fourth-order valence-corrected chi connectivity index (χ4v) is 3.36. The van der Waals surface area contributed by atoms with Crippen LogP contribution < -0.4 is 10.2 Å². The molecule has 1 aliphatic heterocycles. The van der Waals surface area contributed by atoms with Crippen molar-refractivity contribution in [3.05, 3.63) is 46.6 Å². The molecule has 0 saturated carbocycles. The maximum absolute atomic E-state index is 12.8. The molecule has 1 aromatic carbocycles. The van der Waals surface area contributed by atoms with E-state index in [1.54, 1.807) is 0 Å². The maximum Gasteiger partial charge on any atom is 0.253 e. The topological polar surface area (TPSA) is 61.4 Å². The summed E-state index contributed by atoms with van der Waals surface area (Å²) in [6.45, 7) is 11.8. The van der Waals surface area contributed by atoms with Crippen molar-refractivity contribution in [3.8, 4) is 0 Å². The van der Waals surface area contributed by atoms with Gasteiger partial charge in [0.2, 0.25) is 5.95 Å². The highest BCUT2D eigenvalue weighted by atomic mass is 16.2. The number of carbonyl (C=O) groups excluding carboxylic acids is 1. The van der Waals surface area contributed by atoms with Gasteiger partial charge in [0.05, 0.1) is 0 Å². The first-order valence-corrected chi connectivity index (χ1v) is 9.18. The fraction of sp³-hybridized carbons (Fsp3) is 0.450. The number of amides is 1. The van der Waals surface area contributed by atoms with Crippen LogP contribution in [0, 0.1) is 20.8 Å². The Morgan fingerprint density at radius 2 is 1.65 bits per heavy atom. The summed E-state index contributed by atoms with van der Waals surface area (Å²) in [6, 6.07) is 7.97. The van der Waals surface area contributed by atoms with Crippen molar-refractivity contribution in [1.29, 1.82) is 0 Å². The molecule has 6 nitrogen and oxygen atoms in total. The van der Waals surface area contributed by atoms with Gasteiger partial charge in [0, 0.05) is 50.0 Å². The molecule has 0 spiro atoms. The number of nitrogens with one attached hydrogen (secondary N) is 1. The Kier molecular flexibility index (Phi) is 5.40. The number of hydrogen-bond acceptors (Lipinski definition) is 5. The van der Waals surface area contributed by atoms with Gasteiger partial charge < -0.3 is 15.1 Å². The van der Waals surface area contributed by atoms with Gasteiger partial charge in [0.15, 0.2) is 0 Å². The molecule has 1 aromatic heterocycles. The Hall–Kier alpha value is -2.63. The van der Waals surface area contributed by atoms with E-state index in [0.717, 1.165) is 53.8 Å². The summed E-state index contributed by atoms with van der Waals surface area (Å²) in [6.07, 6.45) is 0. The van der Waals surface area contributed by atoms with E-state index in [0.29, 0.717) is 13.1 Å². The Balaban J connectivity index is 1.68. The molecule has 0 atom stereocenters. The largest absolute Gasteiger partial charge is 0.370 e. The zero-order chi connectivity index (χ0) is 18.7. The van der Waals surface area contributed by atoms with Crippen LogP contribution in [0.4, 0.5) is 11.8 Å². The summed E-state index contributed by atoms with van der Waals surface area (Å²) >= 11 is 0. The van der Waals surface area contributed by atoms with Crippen LogP contribution in [0.2, 0.25) is 0 Å². The van der Waals surface area contributed by atoms with Crippen LogP contribution >= 0.6 is 0 Å². The normalized spacial score (nSPS) is 14.5. The molecule has 2 heterocycles. The van der Waals surface area contributed by atoms with Gasteiger partial charge in [0.1, 0.15) is 5.82 Å². The molecule has 1 amide bonds. The SMILES string of the molecule is CCNc1cc(C)nc(N2CCN(C(=O)c3cc(C)cc(C)c3)CC2)n1. The van der Waals surface area contributed by atoms with Crippen molar-refractivity contribution >= 4 is 17.7 Å². The summed E-state index contributed by atoms with van der Waals surface area (Å²) in [5, 5.41) is 3.24. The molecule has 1 aliphatic rings. The molecule has 0 bridgehead atoms. The number of nitrogens with zero attached hydrogens (tertiary/aromatic N) is 4. The highest BCUT2D eigenvalue weighted by molar-refractivity contribution is 5.94. The van der Waals surface area contributed by atoms with Gasteiger partial charge in [-0.15, -0.1) is 0 Å². The number of hydrogen-bond donors (Lipinski definition) is 1. The van der Waals surface area contributed by atoms with Gasteiger partial charge in [-0.05, 0) is 39.8 Å². The average Bonchev–Trinajstić information content (AvgIpc) is 2.60. The summed E-state index contributed by atoms with van der Waals surface area (Å²) in [4.78, 5) is 26.0. The Bertz CT molecular complexity index is 777. The zero-order valence-corrected chi connectivity index (χ0v) is 16.0. The number of aromatic nitrogens is 2. The lowest BCUT2D eigenvalue weighted by Crippen LogP contribution is -2.49. The molecule has 2 aromatic rings. The predicted octanol–water partition coefficient (Wildman–Crippen LogP) is 2.80. The molecule has 1 N–H and O–H groups in total. The Morgan fingerprint density at radius 1 is 1.00 bits per heavy atom. The number of piperazine rings is 1.